The van der Waals surface area contributed by atoms with Gasteiger partial charge in [0.25, 0.3) is 5.91 Å². The van der Waals surface area contributed by atoms with Crippen LogP contribution in [0, 0.1) is 26.2 Å². The standard InChI is InChI=1S/C28H30N4O2/c1-16-6-9-19(10-7-16)25-24-22(13-28(4,5)14-23(24)33)31-26-21(15-29-32(25)26)27(34)30-20-11-8-17(2)18(3)12-20/h6-12,15,25,31H,13-14H2,1-5H3,(H,30,34)/t25-/m0/s1. The first-order valence-corrected chi connectivity index (χ1v) is 11.7. The number of nitrogens with zero attached hydrogens (tertiary/aromatic N) is 2. The minimum Gasteiger partial charge on any atom is -0.343 e. The fraction of sp³-hybridized carbons (Fsp3) is 0.321. The number of anilines is 2. The van der Waals surface area contributed by atoms with Gasteiger partial charge in [-0.25, -0.2) is 4.68 Å². The van der Waals surface area contributed by atoms with Crippen LogP contribution in [0.3, 0.4) is 0 Å². The topological polar surface area (TPSA) is 76.0 Å². The number of carbonyl (C=O) groups excluding carboxylic acids is 2. The molecule has 2 aromatic carbocycles. The van der Waals surface area contributed by atoms with Crippen molar-refractivity contribution in [1.29, 1.82) is 0 Å². The fourth-order valence-electron chi connectivity index (χ4n) is 4.95. The molecule has 2 aliphatic rings. The van der Waals surface area contributed by atoms with Gasteiger partial charge >= 0.3 is 0 Å². The zero-order valence-corrected chi connectivity index (χ0v) is 20.3. The number of allylic oxidation sites excluding steroid dienone is 2. The normalized spacial score (nSPS) is 18.7. The summed E-state index contributed by atoms with van der Waals surface area (Å²) >= 11 is 0. The SMILES string of the molecule is Cc1ccc([C@H]2C3=C(CC(C)(C)CC3=O)Nc3c(C(=O)Nc4ccc(C)c(C)c4)cnn32)cc1. The second kappa shape index (κ2) is 7.97. The van der Waals surface area contributed by atoms with Gasteiger partial charge in [-0.15, -0.1) is 0 Å². The van der Waals surface area contributed by atoms with Crippen LogP contribution < -0.4 is 10.6 Å². The molecule has 0 fully saturated rings. The largest absolute Gasteiger partial charge is 0.343 e. The summed E-state index contributed by atoms with van der Waals surface area (Å²) in [4.78, 5) is 26.6. The van der Waals surface area contributed by atoms with Crippen molar-refractivity contribution in [3.8, 4) is 0 Å². The highest BCUT2D eigenvalue weighted by molar-refractivity contribution is 6.08. The predicted octanol–water partition coefficient (Wildman–Crippen LogP) is 5.72. The molecule has 34 heavy (non-hydrogen) atoms. The molecule has 2 heterocycles. The van der Waals surface area contributed by atoms with E-state index in [4.69, 9.17) is 0 Å². The van der Waals surface area contributed by atoms with E-state index in [0.717, 1.165) is 40.1 Å². The first-order valence-electron chi connectivity index (χ1n) is 11.7. The van der Waals surface area contributed by atoms with E-state index in [1.807, 2.05) is 63.2 Å². The Morgan fingerprint density at radius 2 is 1.79 bits per heavy atom. The Kier molecular flexibility index (Phi) is 5.19. The smallest absolute Gasteiger partial charge is 0.261 e. The summed E-state index contributed by atoms with van der Waals surface area (Å²) in [5.41, 5.74) is 7.11. The number of aromatic nitrogens is 2. The summed E-state index contributed by atoms with van der Waals surface area (Å²) in [5, 5.41) is 11.0. The molecule has 2 N–H and O–H groups in total. The van der Waals surface area contributed by atoms with Crippen molar-refractivity contribution in [3.63, 3.8) is 0 Å². The molecule has 0 saturated heterocycles. The van der Waals surface area contributed by atoms with E-state index in [2.05, 4.69) is 29.6 Å². The van der Waals surface area contributed by atoms with E-state index >= 15 is 0 Å². The summed E-state index contributed by atoms with van der Waals surface area (Å²) in [6.45, 7) is 10.3. The summed E-state index contributed by atoms with van der Waals surface area (Å²) in [5.74, 6) is 0.521. The van der Waals surface area contributed by atoms with Crippen LogP contribution in [0.1, 0.15) is 65.3 Å². The van der Waals surface area contributed by atoms with Gasteiger partial charge in [0.15, 0.2) is 5.78 Å². The second-order valence-electron chi connectivity index (χ2n) is 10.4. The molecule has 0 radical (unpaired) electrons. The summed E-state index contributed by atoms with van der Waals surface area (Å²) in [7, 11) is 0. The maximum atomic E-state index is 13.3. The first kappa shape index (κ1) is 22.1. The number of ketones is 1. The van der Waals surface area contributed by atoms with Crippen molar-refractivity contribution < 1.29 is 9.59 Å². The zero-order valence-electron chi connectivity index (χ0n) is 20.3. The first-order chi connectivity index (χ1) is 16.1. The number of amides is 1. The summed E-state index contributed by atoms with van der Waals surface area (Å²) in [6, 6.07) is 13.7. The molecule has 0 unspecified atom stereocenters. The number of hydrogen-bond acceptors (Lipinski definition) is 4. The molecule has 1 atom stereocenters. The maximum absolute atomic E-state index is 13.3. The number of aryl methyl sites for hydroxylation is 3. The number of benzene rings is 2. The molecule has 1 aromatic heterocycles. The van der Waals surface area contributed by atoms with Gasteiger partial charge in [0.2, 0.25) is 0 Å². The van der Waals surface area contributed by atoms with Crippen LogP contribution in [0.2, 0.25) is 0 Å². The molecule has 1 amide bonds. The van der Waals surface area contributed by atoms with Gasteiger partial charge < -0.3 is 10.6 Å². The number of fused-ring (bicyclic) bond motifs is 1. The van der Waals surface area contributed by atoms with E-state index in [1.165, 1.54) is 5.56 Å². The van der Waals surface area contributed by atoms with Gasteiger partial charge in [-0.2, -0.15) is 5.10 Å². The van der Waals surface area contributed by atoms with Crippen LogP contribution in [-0.4, -0.2) is 21.5 Å². The molecule has 0 spiro atoms. The molecular formula is C28H30N4O2. The lowest BCUT2D eigenvalue weighted by Gasteiger charge is -2.39. The third kappa shape index (κ3) is 3.83. The average Bonchev–Trinajstić information content (AvgIpc) is 3.18. The van der Waals surface area contributed by atoms with Gasteiger partial charge in [0, 0.05) is 23.4 Å². The Labute approximate surface area is 200 Å². The van der Waals surface area contributed by atoms with Crippen molar-refractivity contribution in [2.75, 3.05) is 10.6 Å². The Balaban J connectivity index is 1.58. The fourth-order valence-corrected chi connectivity index (χ4v) is 4.95. The van der Waals surface area contributed by atoms with Gasteiger partial charge in [0.05, 0.1) is 6.20 Å². The highest BCUT2D eigenvalue weighted by atomic mass is 16.1. The maximum Gasteiger partial charge on any atom is 0.261 e. The third-order valence-corrected chi connectivity index (χ3v) is 6.91. The molecule has 3 aromatic rings. The lowest BCUT2D eigenvalue weighted by Crippen LogP contribution is -2.37. The van der Waals surface area contributed by atoms with Crippen LogP contribution >= 0.6 is 0 Å². The monoisotopic (exact) mass is 454 g/mol. The van der Waals surface area contributed by atoms with Crippen molar-refractivity contribution in [1.82, 2.24) is 9.78 Å². The average molecular weight is 455 g/mol. The predicted molar refractivity (Wildman–Crippen MR) is 134 cm³/mol. The molecule has 1 aliphatic heterocycles. The molecule has 0 saturated carbocycles. The minimum atomic E-state index is -0.362. The van der Waals surface area contributed by atoms with Gasteiger partial charge in [0.1, 0.15) is 17.4 Å². The van der Waals surface area contributed by atoms with Crippen molar-refractivity contribution >= 4 is 23.2 Å². The number of hydrogen-bond donors (Lipinski definition) is 2. The Hall–Kier alpha value is -3.67. The van der Waals surface area contributed by atoms with E-state index in [1.54, 1.807) is 10.9 Å². The Morgan fingerprint density at radius 3 is 2.50 bits per heavy atom. The molecule has 0 bridgehead atoms. The molecular weight excluding hydrogens is 424 g/mol. The van der Waals surface area contributed by atoms with Gasteiger partial charge in [-0.05, 0) is 61.4 Å². The molecule has 6 nitrogen and oxygen atoms in total. The number of rotatable bonds is 3. The van der Waals surface area contributed by atoms with Crippen LogP contribution in [0.25, 0.3) is 0 Å². The molecule has 174 valence electrons. The van der Waals surface area contributed by atoms with Crippen molar-refractivity contribution in [2.24, 2.45) is 5.41 Å². The van der Waals surface area contributed by atoms with Crippen LogP contribution in [-0.2, 0) is 4.79 Å². The number of nitrogens with one attached hydrogen (secondary N) is 2. The summed E-state index contributed by atoms with van der Waals surface area (Å²) < 4.78 is 1.79. The van der Waals surface area contributed by atoms with Crippen LogP contribution in [0.15, 0.2) is 59.9 Å². The van der Waals surface area contributed by atoms with E-state index in [9.17, 15) is 9.59 Å². The lowest BCUT2D eigenvalue weighted by atomic mass is 9.73. The number of carbonyl (C=O) groups is 2. The Morgan fingerprint density at radius 1 is 1.06 bits per heavy atom. The van der Waals surface area contributed by atoms with E-state index in [0.29, 0.717) is 17.8 Å². The highest BCUT2D eigenvalue weighted by Gasteiger charge is 2.42. The van der Waals surface area contributed by atoms with E-state index in [-0.39, 0.29) is 23.1 Å². The van der Waals surface area contributed by atoms with Crippen LogP contribution in [0.4, 0.5) is 11.5 Å². The zero-order chi connectivity index (χ0) is 24.2. The third-order valence-electron chi connectivity index (χ3n) is 6.91. The minimum absolute atomic E-state index is 0.131. The highest BCUT2D eigenvalue weighted by Crippen LogP contribution is 2.46. The quantitative estimate of drug-likeness (QED) is 0.531. The van der Waals surface area contributed by atoms with Crippen LogP contribution in [0.5, 0.6) is 0 Å². The second-order valence-corrected chi connectivity index (χ2v) is 10.4. The lowest BCUT2D eigenvalue weighted by molar-refractivity contribution is -0.118. The van der Waals surface area contributed by atoms with Gasteiger partial charge in [-0.3, -0.25) is 9.59 Å². The van der Waals surface area contributed by atoms with Crippen molar-refractivity contribution in [3.05, 3.63) is 87.7 Å². The molecule has 6 heteroatoms. The molecule has 1 aliphatic carbocycles. The van der Waals surface area contributed by atoms with E-state index < -0.39 is 0 Å². The van der Waals surface area contributed by atoms with Crippen molar-refractivity contribution in [2.45, 2.75) is 53.5 Å². The number of Topliss-reactive ketones (excluding diaryl/α,β-unsaturated/α-hetero) is 1. The molecule has 5 rings (SSSR count). The summed E-state index contributed by atoms with van der Waals surface area (Å²) in [6.07, 6.45) is 2.82. The van der Waals surface area contributed by atoms with Gasteiger partial charge in [-0.1, -0.05) is 49.7 Å². The Bertz CT molecular complexity index is 1350.